The third-order valence-corrected chi connectivity index (χ3v) is 4.37. The zero-order valence-electron chi connectivity index (χ0n) is 12.4. The number of hydrogen-bond donors (Lipinski definition) is 1. The average Bonchev–Trinajstić information content (AvgIpc) is 2.91. The molecule has 112 valence electrons. The van der Waals surface area contributed by atoms with E-state index >= 15 is 0 Å². The standard InChI is InChI=1S/C17H22N2O2/c1-21-15-8-6-14(7-9-15)18-17(20)12-19-11-10-13-4-2-3-5-16(13)19/h2-5,10-11,14-15H,6-9,12H2,1H3,(H,18,20). The van der Waals surface area contributed by atoms with Gasteiger partial charge in [-0.3, -0.25) is 4.79 Å². The predicted molar refractivity (Wildman–Crippen MR) is 83.1 cm³/mol. The van der Waals surface area contributed by atoms with Crippen LogP contribution in [-0.2, 0) is 16.1 Å². The maximum absolute atomic E-state index is 12.2. The van der Waals surface area contributed by atoms with E-state index in [9.17, 15) is 4.79 Å². The van der Waals surface area contributed by atoms with E-state index in [-0.39, 0.29) is 5.91 Å². The van der Waals surface area contributed by atoms with Crippen molar-refractivity contribution in [2.75, 3.05) is 7.11 Å². The van der Waals surface area contributed by atoms with Crippen LogP contribution in [0.1, 0.15) is 25.7 Å². The van der Waals surface area contributed by atoms with E-state index in [2.05, 4.69) is 11.4 Å². The maximum Gasteiger partial charge on any atom is 0.240 e. The van der Waals surface area contributed by atoms with Crippen molar-refractivity contribution in [3.8, 4) is 0 Å². The molecule has 4 nitrogen and oxygen atoms in total. The molecule has 1 heterocycles. The zero-order chi connectivity index (χ0) is 14.7. The lowest BCUT2D eigenvalue weighted by atomic mass is 9.93. The van der Waals surface area contributed by atoms with Crippen LogP contribution in [0.15, 0.2) is 36.5 Å². The molecule has 1 fully saturated rings. The van der Waals surface area contributed by atoms with E-state index in [1.165, 1.54) is 5.39 Å². The van der Waals surface area contributed by atoms with Crippen LogP contribution in [0.25, 0.3) is 10.9 Å². The molecule has 1 aromatic carbocycles. The Hall–Kier alpha value is -1.81. The molecular weight excluding hydrogens is 264 g/mol. The van der Waals surface area contributed by atoms with Crippen molar-refractivity contribution in [1.82, 2.24) is 9.88 Å². The Morgan fingerprint density at radius 2 is 2.00 bits per heavy atom. The Morgan fingerprint density at radius 1 is 1.24 bits per heavy atom. The van der Waals surface area contributed by atoms with E-state index in [1.807, 2.05) is 35.0 Å². The summed E-state index contributed by atoms with van der Waals surface area (Å²) < 4.78 is 7.37. The molecule has 4 heteroatoms. The molecule has 1 aromatic heterocycles. The fraction of sp³-hybridized carbons (Fsp3) is 0.471. The summed E-state index contributed by atoms with van der Waals surface area (Å²) in [7, 11) is 1.76. The van der Waals surface area contributed by atoms with Gasteiger partial charge in [-0.05, 0) is 43.2 Å². The smallest absolute Gasteiger partial charge is 0.240 e. The zero-order valence-corrected chi connectivity index (χ0v) is 12.4. The van der Waals surface area contributed by atoms with Gasteiger partial charge < -0.3 is 14.6 Å². The number of aromatic nitrogens is 1. The number of carbonyl (C=O) groups is 1. The Bertz CT molecular complexity index is 612. The minimum atomic E-state index is 0.0946. The van der Waals surface area contributed by atoms with Crippen molar-refractivity contribution >= 4 is 16.8 Å². The summed E-state index contributed by atoms with van der Waals surface area (Å²) in [5, 5.41) is 4.32. The van der Waals surface area contributed by atoms with Crippen molar-refractivity contribution in [2.45, 2.75) is 44.4 Å². The number of rotatable bonds is 4. The fourth-order valence-corrected chi connectivity index (χ4v) is 3.15. The van der Waals surface area contributed by atoms with Crippen LogP contribution in [0, 0.1) is 0 Å². The highest BCUT2D eigenvalue weighted by Gasteiger charge is 2.22. The van der Waals surface area contributed by atoms with Gasteiger partial charge in [0.05, 0.1) is 6.10 Å². The van der Waals surface area contributed by atoms with Gasteiger partial charge in [-0.25, -0.2) is 0 Å². The molecule has 21 heavy (non-hydrogen) atoms. The largest absolute Gasteiger partial charge is 0.381 e. The van der Waals surface area contributed by atoms with Crippen LogP contribution >= 0.6 is 0 Å². The maximum atomic E-state index is 12.2. The molecule has 0 aliphatic heterocycles. The number of methoxy groups -OCH3 is 1. The van der Waals surface area contributed by atoms with Crippen LogP contribution in [0.2, 0.25) is 0 Å². The molecule has 3 rings (SSSR count). The lowest BCUT2D eigenvalue weighted by Gasteiger charge is -2.28. The Kier molecular flexibility index (Phi) is 4.25. The van der Waals surface area contributed by atoms with Crippen molar-refractivity contribution in [2.24, 2.45) is 0 Å². The molecule has 0 saturated heterocycles. The quantitative estimate of drug-likeness (QED) is 0.939. The highest BCUT2D eigenvalue weighted by Crippen LogP contribution is 2.21. The van der Waals surface area contributed by atoms with E-state index < -0.39 is 0 Å². The third kappa shape index (κ3) is 3.27. The number of ether oxygens (including phenoxy) is 1. The first-order valence-electron chi connectivity index (χ1n) is 7.62. The second-order valence-corrected chi connectivity index (χ2v) is 5.78. The van der Waals surface area contributed by atoms with Gasteiger partial charge in [0.2, 0.25) is 5.91 Å². The van der Waals surface area contributed by atoms with E-state index in [0.29, 0.717) is 18.7 Å². The van der Waals surface area contributed by atoms with E-state index in [4.69, 9.17) is 4.74 Å². The molecule has 2 aromatic rings. The summed E-state index contributed by atoms with van der Waals surface area (Å²) in [5.41, 5.74) is 1.11. The molecule has 0 unspecified atom stereocenters. The van der Waals surface area contributed by atoms with Crippen molar-refractivity contribution < 1.29 is 9.53 Å². The number of amides is 1. The highest BCUT2D eigenvalue weighted by molar-refractivity contribution is 5.83. The second-order valence-electron chi connectivity index (χ2n) is 5.78. The lowest BCUT2D eigenvalue weighted by molar-refractivity contribution is -0.122. The van der Waals surface area contributed by atoms with E-state index in [1.54, 1.807) is 7.11 Å². The topological polar surface area (TPSA) is 43.3 Å². The first-order valence-corrected chi connectivity index (χ1v) is 7.62. The van der Waals surface area contributed by atoms with Gasteiger partial charge in [-0.15, -0.1) is 0 Å². The molecule has 0 radical (unpaired) electrons. The third-order valence-electron chi connectivity index (χ3n) is 4.37. The Morgan fingerprint density at radius 3 is 2.76 bits per heavy atom. The van der Waals surface area contributed by atoms with Crippen molar-refractivity contribution in [3.05, 3.63) is 36.5 Å². The first kappa shape index (κ1) is 14.1. The minimum absolute atomic E-state index is 0.0946. The Balaban J connectivity index is 1.57. The van der Waals surface area contributed by atoms with Crippen LogP contribution < -0.4 is 5.32 Å². The molecule has 1 amide bonds. The van der Waals surface area contributed by atoms with Gasteiger partial charge in [0.25, 0.3) is 0 Å². The SMILES string of the molecule is COC1CCC(NC(=O)Cn2ccc3ccccc32)CC1. The minimum Gasteiger partial charge on any atom is -0.381 e. The fourth-order valence-electron chi connectivity index (χ4n) is 3.15. The molecule has 0 spiro atoms. The van der Waals surface area contributed by atoms with Crippen LogP contribution in [0.5, 0.6) is 0 Å². The molecule has 0 atom stereocenters. The monoisotopic (exact) mass is 286 g/mol. The summed E-state index contributed by atoms with van der Waals surface area (Å²) in [6, 6.07) is 10.5. The number of nitrogens with zero attached hydrogens (tertiary/aromatic N) is 1. The molecule has 1 N–H and O–H groups in total. The van der Waals surface area contributed by atoms with Gasteiger partial charge >= 0.3 is 0 Å². The van der Waals surface area contributed by atoms with Gasteiger partial charge in [0.15, 0.2) is 0 Å². The van der Waals surface area contributed by atoms with Crippen LogP contribution in [0.4, 0.5) is 0 Å². The molecular formula is C17H22N2O2. The van der Waals surface area contributed by atoms with Gasteiger partial charge in [-0.2, -0.15) is 0 Å². The van der Waals surface area contributed by atoms with Gasteiger partial charge in [0.1, 0.15) is 6.54 Å². The number of nitrogens with one attached hydrogen (secondary N) is 1. The normalized spacial score (nSPS) is 22.3. The molecule has 1 aliphatic rings. The van der Waals surface area contributed by atoms with Gasteiger partial charge in [-0.1, -0.05) is 18.2 Å². The lowest BCUT2D eigenvalue weighted by Crippen LogP contribution is -2.40. The second kappa shape index (κ2) is 6.31. The van der Waals surface area contributed by atoms with Crippen molar-refractivity contribution in [1.29, 1.82) is 0 Å². The molecule has 1 aliphatic carbocycles. The Labute approximate surface area is 125 Å². The van der Waals surface area contributed by atoms with E-state index in [0.717, 1.165) is 31.2 Å². The average molecular weight is 286 g/mol. The number of hydrogen-bond acceptors (Lipinski definition) is 2. The first-order chi connectivity index (χ1) is 10.3. The summed E-state index contributed by atoms with van der Waals surface area (Å²) in [6.45, 7) is 0.387. The summed E-state index contributed by atoms with van der Waals surface area (Å²) >= 11 is 0. The summed E-state index contributed by atoms with van der Waals surface area (Å²) in [6.07, 6.45) is 6.44. The highest BCUT2D eigenvalue weighted by atomic mass is 16.5. The summed E-state index contributed by atoms with van der Waals surface area (Å²) in [4.78, 5) is 12.2. The van der Waals surface area contributed by atoms with Crippen molar-refractivity contribution in [3.63, 3.8) is 0 Å². The van der Waals surface area contributed by atoms with Crippen LogP contribution in [-0.4, -0.2) is 29.7 Å². The van der Waals surface area contributed by atoms with Crippen LogP contribution in [0.3, 0.4) is 0 Å². The molecule has 0 bridgehead atoms. The number of benzene rings is 1. The summed E-state index contributed by atoms with van der Waals surface area (Å²) in [5.74, 6) is 0.0946. The number of para-hydroxylation sites is 1. The van der Waals surface area contributed by atoms with Gasteiger partial charge in [0, 0.05) is 24.9 Å². The number of carbonyl (C=O) groups excluding carboxylic acids is 1. The predicted octanol–water partition coefficient (Wildman–Crippen LogP) is 2.72. The molecule has 1 saturated carbocycles. The number of fused-ring (bicyclic) bond motifs is 1.